The first-order valence-electron chi connectivity index (χ1n) is 11.1. The van der Waals surface area contributed by atoms with Crippen molar-refractivity contribution in [3.8, 4) is 0 Å². The second-order valence-electron chi connectivity index (χ2n) is 8.80. The molecule has 3 heterocycles. The lowest BCUT2D eigenvalue weighted by Crippen LogP contribution is -2.47. The molecule has 31 heavy (non-hydrogen) atoms. The number of amides is 1. The van der Waals surface area contributed by atoms with Gasteiger partial charge in [-0.3, -0.25) is 14.6 Å². The topological polar surface area (TPSA) is 67.2 Å². The lowest BCUT2D eigenvalue weighted by molar-refractivity contribution is -0.138. The second kappa shape index (κ2) is 8.27. The summed E-state index contributed by atoms with van der Waals surface area (Å²) in [5, 5.41) is 4.51. The molecule has 0 unspecified atom stereocenters. The van der Waals surface area contributed by atoms with Crippen molar-refractivity contribution < 1.29 is 4.79 Å². The molecule has 1 aromatic carbocycles. The molecular formula is C25H28N4O2. The summed E-state index contributed by atoms with van der Waals surface area (Å²) < 4.78 is 1.58. The second-order valence-corrected chi connectivity index (χ2v) is 8.80. The molecule has 2 aliphatic rings. The third-order valence-corrected chi connectivity index (χ3v) is 6.70. The van der Waals surface area contributed by atoms with Crippen LogP contribution in [0.4, 0.5) is 0 Å². The average molecular weight is 417 g/mol. The Hall–Kier alpha value is -2.99. The molecule has 160 valence electrons. The zero-order valence-electron chi connectivity index (χ0n) is 17.8. The van der Waals surface area contributed by atoms with Gasteiger partial charge in [-0.1, -0.05) is 18.2 Å². The van der Waals surface area contributed by atoms with E-state index in [-0.39, 0.29) is 23.3 Å². The zero-order valence-corrected chi connectivity index (χ0v) is 17.8. The van der Waals surface area contributed by atoms with E-state index in [4.69, 9.17) is 0 Å². The van der Waals surface area contributed by atoms with Crippen LogP contribution < -0.4 is 10.9 Å². The number of hydrogen-bond acceptors (Lipinski definition) is 4. The summed E-state index contributed by atoms with van der Waals surface area (Å²) in [6.07, 6.45) is 6.60. The molecule has 1 saturated heterocycles. The Balaban J connectivity index is 1.45. The standard InChI is InChI=1S/C25H28N4O2/c1-28-13-10-17(14-24(28)30)20-9-12-26-15-22(20)25(31)29(19-7-8-19)16-18-4-2-6-23-21(18)5-3-11-27-23/h2-6,10-11,13-14,19-20,22,26H,7-9,12,15-16H2,1H3/t20-,22+/m1/s1. The fraction of sp³-hybridized carbons (Fsp3) is 0.400. The fourth-order valence-corrected chi connectivity index (χ4v) is 4.79. The van der Waals surface area contributed by atoms with Gasteiger partial charge >= 0.3 is 0 Å². The molecule has 0 radical (unpaired) electrons. The summed E-state index contributed by atoms with van der Waals surface area (Å²) in [4.78, 5) is 32.6. The summed E-state index contributed by atoms with van der Waals surface area (Å²) >= 11 is 0. The summed E-state index contributed by atoms with van der Waals surface area (Å²) in [6.45, 7) is 2.12. The van der Waals surface area contributed by atoms with Crippen LogP contribution in [0.15, 0.2) is 59.7 Å². The van der Waals surface area contributed by atoms with Crippen molar-refractivity contribution in [3.05, 3.63) is 76.3 Å². The van der Waals surface area contributed by atoms with E-state index in [0.717, 1.165) is 47.8 Å². The fourth-order valence-electron chi connectivity index (χ4n) is 4.79. The van der Waals surface area contributed by atoms with Crippen LogP contribution in [0.2, 0.25) is 0 Å². The summed E-state index contributed by atoms with van der Waals surface area (Å²) in [6, 6.07) is 14.2. The third-order valence-electron chi connectivity index (χ3n) is 6.70. The maximum atomic E-state index is 13.8. The normalized spacial score (nSPS) is 21.2. The first-order chi connectivity index (χ1) is 15.1. The Morgan fingerprint density at radius 3 is 2.87 bits per heavy atom. The van der Waals surface area contributed by atoms with Crippen LogP contribution in [-0.2, 0) is 18.4 Å². The molecule has 0 spiro atoms. The molecule has 1 aliphatic heterocycles. The van der Waals surface area contributed by atoms with Crippen molar-refractivity contribution in [1.82, 2.24) is 19.8 Å². The predicted octanol–water partition coefficient (Wildman–Crippen LogP) is 2.82. The summed E-state index contributed by atoms with van der Waals surface area (Å²) in [7, 11) is 1.76. The Kier molecular flexibility index (Phi) is 5.32. The Morgan fingerprint density at radius 1 is 1.19 bits per heavy atom. The highest BCUT2D eigenvalue weighted by atomic mass is 16.2. The number of hydrogen-bond donors (Lipinski definition) is 1. The molecule has 1 N–H and O–H groups in total. The van der Waals surface area contributed by atoms with E-state index >= 15 is 0 Å². The number of carbonyl (C=O) groups is 1. The molecule has 5 rings (SSSR count). The summed E-state index contributed by atoms with van der Waals surface area (Å²) in [5.41, 5.74) is 3.05. The van der Waals surface area contributed by atoms with Crippen molar-refractivity contribution in [1.29, 1.82) is 0 Å². The van der Waals surface area contributed by atoms with Crippen LogP contribution in [0, 0.1) is 5.92 Å². The van der Waals surface area contributed by atoms with Gasteiger partial charge in [0, 0.05) is 50.0 Å². The number of nitrogens with one attached hydrogen (secondary N) is 1. The van der Waals surface area contributed by atoms with Crippen molar-refractivity contribution in [2.75, 3.05) is 13.1 Å². The van der Waals surface area contributed by atoms with E-state index in [0.29, 0.717) is 19.1 Å². The van der Waals surface area contributed by atoms with Gasteiger partial charge in [-0.25, -0.2) is 0 Å². The van der Waals surface area contributed by atoms with Gasteiger partial charge in [0.05, 0.1) is 11.4 Å². The first-order valence-corrected chi connectivity index (χ1v) is 11.1. The number of aromatic nitrogens is 2. The van der Waals surface area contributed by atoms with Gasteiger partial charge < -0.3 is 14.8 Å². The molecule has 6 heteroatoms. The number of carbonyl (C=O) groups excluding carboxylic acids is 1. The van der Waals surface area contributed by atoms with Gasteiger partial charge in [-0.2, -0.15) is 0 Å². The maximum Gasteiger partial charge on any atom is 0.250 e. The molecule has 2 fully saturated rings. The van der Waals surface area contributed by atoms with E-state index in [1.165, 1.54) is 0 Å². The van der Waals surface area contributed by atoms with Gasteiger partial charge in [0.1, 0.15) is 0 Å². The first kappa shape index (κ1) is 19.9. The lowest BCUT2D eigenvalue weighted by Gasteiger charge is -2.36. The minimum absolute atomic E-state index is 0.0236. The van der Waals surface area contributed by atoms with Gasteiger partial charge in [0.2, 0.25) is 5.91 Å². The zero-order chi connectivity index (χ0) is 21.4. The van der Waals surface area contributed by atoms with Crippen LogP contribution >= 0.6 is 0 Å². The number of pyridine rings is 2. The number of piperidine rings is 1. The number of rotatable bonds is 5. The highest BCUT2D eigenvalue weighted by molar-refractivity contribution is 5.84. The predicted molar refractivity (Wildman–Crippen MR) is 121 cm³/mol. The molecule has 6 nitrogen and oxygen atoms in total. The molecule has 2 atom stereocenters. The smallest absolute Gasteiger partial charge is 0.250 e. The SMILES string of the molecule is Cn1ccc([C@H]2CCNC[C@@H]2C(=O)N(Cc2cccc3ncccc23)C2CC2)cc1=O. The van der Waals surface area contributed by atoms with E-state index in [2.05, 4.69) is 27.3 Å². The Morgan fingerprint density at radius 2 is 2.06 bits per heavy atom. The minimum atomic E-state index is -0.158. The van der Waals surface area contributed by atoms with Crippen LogP contribution in [0.5, 0.6) is 0 Å². The van der Waals surface area contributed by atoms with Crippen molar-refractivity contribution >= 4 is 16.8 Å². The molecule has 2 aromatic heterocycles. The number of benzene rings is 1. The molecule has 1 saturated carbocycles. The van der Waals surface area contributed by atoms with Crippen molar-refractivity contribution in [2.24, 2.45) is 13.0 Å². The highest BCUT2D eigenvalue weighted by Crippen LogP contribution is 2.36. The van der Waals surface area contributed by atoms with Crippen molar-refractivity contribution in [2.45, 2.75) is 37.8 Å². The van der Waals surface area contributed by atoms with Crippen LogP contribution in [0.25, 0.3) is 10.9 Å². The van der Waals surface area contributed by atoms with E-state index in [1.807, 2.05) is 30.5 Å². The summed E-state index contributed by atoms with van der Waals surface area (Å²) in [5.74, 6) is 0.105. The molecule has 3 aromatic rings. The van der Waals surface area contributed by atoms with E-state index in [9.17, 15) is 9.59 Å². The molecular weight excluding hydrogens is 388 g/mol. The quantitative estimate of drug-likeness (QED) is 0.695. The number of aryl methyl sites for hydroxylation is 1. The molecule has 0 bridgehead atoms. The number of nitrogens with zero attached hydrogens (tertiary/aromatic N) is 3. The average Bonchev–Trinajstić information content (AvgIpc) is 3.64. The van der Waals surface area contributed by atoms with Gasteiger partial charge in [-0.05, 0) is 61.1 Å². The third kappa shape index (κ3) is 4.00. The lowest BCUT2D eigenvalue weighted by atomic mass is 9.80. The van der Waals surface area contributed by atoms with Gasteiger partial charge in [-0.15, -0.1) is 0 Å². The van der Waals surface area contributed by atoms with Crippen LogP contribution in [0.1, 0.15) is 36.3 Å². The van der Waals surface area contributed by atoms with Crippen LogP contribution in [0.3, 0.4) is 0 Å². The number of fused-ring (bicyclic) bond motifs is 1. The Labute approximate surface area is 181 Å². The van der Waals surface area contributed by atoms with E-state index in [1.54, 1.807) is 23.9 Å². The highest BCUT2D eigenvalue weighted by Gasteiger charge is 2.40. The Bertz CT molecular complexity index is 1160. The van der Waals surface area contributed by atoms with Crippen molar-refractivity contribution in [3.63, 3.8) is 0 Å². The minimum Gasteiger partial charge on any atom is -0.335 e. The van der Waals surface area contributed by atoms with Crippen LogP contribution in [-0.4, -0.2) is 39.5 Å². The van der Waals surface area contributed by atoms with Gasteiger partial charge in [0.25, 0.3) is 5.56 Å². The maximum absolute atomic E-state index is 13.8. The molecule has 1 aliphatic carbocycles. The van der Waals surface area contributed by atoms with E-state index < -0.39 is 0 Å². The molecule has 1 amide bonds. The largest absolute Gasteiger partial charge is 0.335 e. The monoisotopic (exact) mass is 416 g/mol. The van der Waals surface area contributed by atoms with Gasteiger partial charge in [0.15, 0.2) is 0 Å².